The number of hydrogen-bond acceptors (Lipinski definition) is 5. The van der Waals surface area contributed by atoms with Crippen LogP contribution in [-0.4, -0.2) is 33.9 Å². The fourth-order valence-corrected chi connectivity index (χ4v) is 3.95. The Labute approximate surface area is 179 Å². The van der Waals surface area contributed by atoms with Gasteiger partial charge in [-0.15, -0.1) is 0 Å². The fraction of sp³-hybridized carbons (Fsp3) is 0.261. The lowest BCUT2D eigenvalue weighted by Crippen LogP contribution is -2.40. The number of nitrogen functional groups attached to an aromatic ring is 1. The Morgan fingerprint density at radius 3 is 2.71 bits per heavy atom. The number of halogens is 2. The largest absolute Gasteiger partial charge is 0.368 e. The average molecular weight is 423 g/mol. The number of nitrogens with two attached hydrogens (primary N) is 1. The van der Waals surface area contributed by atoms with Crippen molar-refractivity contribution in [2.75, 3.05) is 24.1 Å². The molecular weight excluding hydrogens is 400 g/mol. The molecule has 1 aliphatic rings. The fourth-order valence-electron chi connectivity index (χ4n) is 3.95. The lowest BCUT2D eigenvalue weighted by molar-refractivity contribution is -0.118. The molecule has 160 valence electrons. The van der Waals surface area contributed by atoms with Gasteiger partial charge in [-0.05, 0) is 61.3 Å². The van der Waals surface area contributed by atoms with Crippen LogP contribution < -0.4 is 11.1 Å². The van der Waals surface area contributed by atoms with Gasteiger partial charge >= 0.3 is 0 Å². The van der Waals surface area contributed by atoms with E-state index in [9.17, 15) is 13.6 Å². The van der Waals surface area contributed by atoms with Crippen LogP contribution in [0.5, 0.6) is 0 Å². The molecule has 8 heteroatoms. The van der Waals surface area contributed by atoms with Gasteiger partial charge in [-0.2, -0.15) is 0 Å². The minimum absolute atomic E-state index is 0.136. The molecule has 1 aromatic heterocycles. The first kappa shape index (κ1) is 20.9. The van der Waals surface area contributed by atoms with Crippen molar-refractivity contribution in [3.63, 3.8) is 0 Å². The molecule has 1 saturated heterocycles. The quantitative estimate of drug-likeness (QED) is 0.644. The van der Waals surface area contributed by atoms with Gasteiger partial charge in [0.05, 0.1) is 18.3 Å². The number of carbonyl (C=O) groups excluding carboxylic acids is 1. The molecule has 3 aromatic rings. The lowest BCUT2D eigenvalue weighted by atomic mass is 9.93. The van der Waals surface area contributed by atoms with E-state index in [1.165, 1.54) is 36.4 Å². The van der Waals surface area contributed by atoms with Crippen LogP contribution in [0.4, 0.5) is 20.4 Å². The predicted molar refractivity (Wildman–Crippen MR) is 115 cm³/mol. The van der Waals surface area contributed by atoms with Crippen LogP contribution >= 0.6 is 0 Å². The molecule has 2 aromatic carbocycles. The first-order chi connectivity index (χ1) is 15.0. The molecule has 0 aliphatic carbocycles. The second kappa shape index (κ2) is 9.18. The highest BCUT2D eigenvalue weighted by molar-refractivity contribution is 5.92. The second-order valence-electron chi connectivity index (χ2n) is 7.57. The molecule has 6 nitrogen and oxygen atoms in total. The van der Waals surface area contributed by atoms with Gasteiger partial charge in [-0.1, -0.05) is 18.6 Å². The standard InChI is InChI=1S/C23H23F2N5O/c24-16-7-9-18(10-8-16)28-21(31)14-30-11-2-1-6-20(30)22-19(13-27-23(26)29-22)15-4-3-5-17(25)12-15/h3-5,7-10,12-13,20H,1-2,6,11,14H2,(H,28,31)(H2,26,27,29)/t20-/m1/s1. The topological polar surface area (TPSA) is 84.1 Å². The summed E-state index contributed by atoms with van der Waals surface area (Å²) in [5.41, 5.74) is 8.46. The van der Waals surface area contributed by atoms with E-state index in [0.717, 1.165) is 19.3 Å². The zero-order valence-electron chi connectivity index (χ0n) is 16.9. The number of amides is 1. The normalized spacial score (nSPS) is 16.8. The Morgan fingerprint density at radius 1 is 1.13 bits per heavy atom. The average Bonchev–Trinajstić information content (AvgIpc) is 2.76. The van der Waals surface area contributed by atoms with Gasteiger partial charge in [0.25, 0.3) is 0 Å². The summed E-state index contributed by atoms with van der Waals surface area (Å²) in [6.07, 6.45) is 4.34. The van der Waals surface area contributed by atoms with Crippen molar-refractivity contribution in [3.8, 4) is 11.1 Å². The third kappa shape index (κ3) is 5.03. The van der Waals surface area contributed by atoms with Gasteiger partial charge in [-0.3, -0.25) is 9.69 Å². The summed E-state index contributed by atoms with van der Waals surface area (Å²) in [7, 11) is 0. The van der Waals surface area contributed by atoms with Crippen molar-refractivity contribution in [1.82, 2.24) is 14.9 Å². The Hall–Kier alpha value is -3.39. The summed E-state index contributed by atoms with van der Waals surface area (Å²) >= 11 is 0. The van der Waals surface area contributed by atoms with Crippen LogP contribution in [-0.2, 0) is 4.79 Å². The third-order valence-electron chi connectivity index (χ3n) is 5.38. The maximum atomic E-state index is 13.8. The van der Waals surface area contributed by atoms with E-state index < -0.39 is 0 Å². The minimum atomic E-state index is -0.361. The number of nitrogens with one attached hydrogen (secondary N) is 1. The maximum Gasteiger partial charge on any atom is 0.238 e. The number of carbonyl (C=O) groups is 1. The number of nitrogens with zero attached hydrogens (tertiary/aromatic N) is 3. The van der Waals surface area contributed by atoms with Crippen molar-refractivity contribution in [3.05, 3.63) is 72.1 Å². The number of rotatable bonds is 5. The number of likely N-dealkylation sites (tertiary alicyclic amines) is 1. The third-order valence-corrected chi connectivity index (χ3v) is 5.38. The predicted octanol–water partition coefficient (Wildman–Crippen LogP) is 4.17. The van der Waals surface area contributed by atoms with Gasteiger partial charge in [0.1, 0.15) is 11.6 Å². The molecule has 4 rings (SSSR count). The van der Waals surface area contributed by atoms with E-state index in [0.29, 0.717) is 29.1 Å². The summed E-state index contributed by atoms with van der Waals surface area (Å²) in [4.78, 5) is 23.3. The summed E-state index contributed by atoms with van der Waals surface area (Å²) in [6.45, 7) is 0.864. The van der Waals surface area contributed by atoms with Gasteiger partial charge in [0.15, 0.2) is 0 Å². The van der Waals surface area contributed by atoms with E-state index in [-0.39, 0.29) is 36.1 Å². The van der Waals surface area contributed by atoms with E-state index in [2.05, 4.69) is 15.3 Å². The highest BCUT2D eigenvalue weighted by atomic mass is 19.1. The molecule has 0 unspecified atom stereocenters. The summed E-state index contributed by atoms with van der Waals surface area (Å²) in [5.74, 6) is -0.774. The van der Waals surface area contributed by atoms with E-state index in [1.54, 1.807) is 18.3 Å². The summed E-state index contributed by atoms with van der Waals surface area (Å²) in [5, 5.41) is 2.80. The van der Waals surface area contributed by atoms with Gasteiger partial charge < -0.3 is 11.1 Å². The van der Waals surface area contributed by atoms with Crippen molar-refractivity contribution < 1.29 is 13.6 Å². The number of hydrogen-bond donors (Lipinski definition) is 2. The van der Waals surface area contributed by atoms with Crippen LogP contribution in [0.3, 0.4) is 0 Å². The molecule has 1 fully saturated rings. The Morgan fingerprint density at radius 2 is 1.94 bits per heavy atom. The van der Waals surface area contributed by atoms with Gasteiger partial charge in [0, 0.05) is 17.4 Å². The van der Waals surface area contributed by atoms with Crippen LogP contribution in [0, 0.1) is 11.6 Å². The number of piperidine rings is 1. The highest BCUT2D eigenvalue weighted by Crippen LogP contribution is 2.36. The number of benzene rings is 2. The van der Waals surface area contributed by atoms with E-state index in [1.807, 2.05) is 4.90 Å². The van der Waals surface area contributed by atoms with Gasteiger partial charge in [-0.25, -0.2) is 18.7 Å². The zero-order chi connectivity index (χ0) is 21.8. The number of anilines is 2. The first-order valence-corrected chi connectivity index (χ1v) is 10.2. The van der Waals surface area contributed by atoms with Crippen LogP contribution in [0.2, 0.25) is 0 Å². The van der Waals surface area contributed by atoms with Crippen LogP contribution in [0.25, 0.3) is 11.1 Å². The van der Waals surface area contributed by atoms with Crippen LogP contribution in [0.1, 0.15) is 31.0 Å². The van der Waals surface area contributed by atoms with Crippen molar-refractivity contribution in [2.24, 2.45) is 0 Å². The Balaban J connectivity index is 1.59. The summed E-state index contributed by atoms with van der Waals surface area (Å²) < 4.78 is 26.9. The molecule has 31 heavy (non-hydrogen) atoms. The highest BCUT2D eigenvalue weighted by Gasteiger charge is 2.29. The molecular formula is C23H23F2N5O. The SMILES string of the molecule is Nc1ncc(-c2cccc(F)c2)c([C@H]2CCCCN2CC(=O)Nc2ccc(F)cc2)n1. The maximum absolute atomic E-state index is 13.8. The van der Waals surface area contributed by atoms with Crippen molar-refractivity contribution in [2.45, 2.75) is 25.3 Å². The number of aromatic nitrogens is 2. The second-order valence-corrected chi connectivity index (χ2v) is 7.57. The molecule has 0 spiro atoms. The molecule has 1 aliphatic heterocycles. The van der Waals surface area contributed by atoms with Gasteiger partial charge in [0.2, 0.25) is 11.9 Å². The molecule has 1 atom stereocenters. The van der Waals surface area contributed by atoms with E-state index in [4.69, 9.17) is 5.73 Å². The molecule has 0 bridgehead atoms. The molecule has 0 radical (unpaired) electrons. The Bertz CT molecular complexity index is 1070. The van der Waals surface area contributed by atoms with Crippen molar-refractivity contribution in [1.29, 1.82) is 0 Å². The molecule has 1 amide bonds. The zero-order valence-corrected chi connectivity index (χ0v) is 16.9. The van der Waals surface area contributed by atoms with Crippen molar-refractivity contribution >= 4 is 17.5 Å². The molecule has 3 N–H and O–H groups in total. The minimum Gasteiger partial charge on any atom is -0.368 e. The summed E-state index contributed by atoms with van der Waals surface area (Å²) in [6, 6.07) is 11.7. The molecule has 0 saturated carbocycles. The van der Waals surface area contributed by atoms with Crippen LogP contribution in [0.15, 0.2) is 54.7 Å². The van der Waals surface area contributed by atoms with E-state index >= 15 is 0 Å². The molecule has 2 heterocycles. The monoisotopic (exact) mass is 423 g/mol. The Kier molecular flexibility index (Phi) is 6.18. The lowest BCUT2D eigenvalue weighted by Gasteiger charge is -2.35. The smallest absolute Gasteiger partial charge is 0.238 e. The first-order valence-electron chi connectivity index (χ1n) is 10.2.